The van der Waals surface area contributed by atoms with Gasteiger partial charge in [-0.3, -0.25) is 4.90 Å². The quantitative estimate of drug-likeness (QED) is 0.529. The van der Waals surface area contributed by atoms with Crippen LogP contribution in [0.3, 0.4) is 0 Å². The molecule has 5 heteroatoms. The minimum absolute atomic E-state index is 0.335. The van der Waals surface area contributed by atoms with Gasteiger partial charge in [-0.05, 0) is 49.8 Å². The third-order valence-corrected chi connectivity index (χ3v) is 6.86. The maximum Gasteiger partial charge on any atom is 0.418 e. The lowest BCUT2D eigenvalue weighted by molar-refractivity contribution is -0.137. The van der Waals surface area contributed by atoms with Gasteiger partial charge in [0.25, 0.3) is 0 Å². The van der Waals surface area contributed by atoms with Gasteiger partial charge >= 0.3 is 6.18 Å². The Bertz CT molecular complexity index is 600. The number of nitrogens with zero attached hydrogens (tertiary/aromatic N) is 2. The predicted molar refractivity (Wildman–Crippen MR) is 110 cm³/mol. The second kappa shape index (κ2) is 9.51. The molecule has 1 aliphatic carbocycles. The summed E-state index contributed by atoms with van der Waals surface area (Å²) in [6.07, 6.45) is 7.75. The van der Waals surface area contributed by atoms with Gasteiger partial charge in [0.05, 0.1) is 5.56 Å². The molecular formula is C23H35F3N2. The van der Waals surface area contributed by atoms with Crippen molar-refractivity contribution in [2.45, 2.75) is 70.9 Å². The Kier molecular flexibility index (Phi) is 7.30. The van der Waals surface area contributed by atoms with E-state index in [1.54, 1.807) is 12.1 Å². The molecule has 1 aromatic carbocycles. The van der Waals surface area contributed by atoms with Gasteiger partial charge in [-0.1, -0.05) is 51.2 Å². The van der Waals surface area contributed by atoms with Crippen molar-refractivity contribution in [2.75, 3.05) is 37.6 Å². The van der Waals surface area contributed by atoms with E-state index in [1.807, 2.05) is 4.90 Å². The summed E-state index contributed by atoms with van der Waals surface area (Å²) < 4.78 is 39.9. The summed E-state index contributed by atoms with van der Waals surface area (Å²) in [5.41, 5.74) is 0.347. The number of halogens is 3. The number of unbranched alkanes of at least 4 members (excludes halogenated alkanes) is 1. The van der Waals surface area contributed by atoms with Crippen molar-refractivity contribution in [3.8, 4) is 0 Å². The molecule has 0 spiro atoms. The van der Waals surface area contributed by atoms with E-state index in [4.69, 9.17) is 0 Å². The summed E-state index contributed by atoms with van der Waals surface area (Å²) in [5.74, 6) is 0. The minimum Gasteiger partial charge on any atom is -0.368 e. The number of piperazine rings is 1. The molecule has 3 rings (SSSR count). The third-order valence-electron chi connectivity index (χ3n) is 6.86. The van der Waals surface area contributed by atoms with Crippen molar-refractivity contribution in [2.24, 2.45) is 5.41 Å². The molecule has 0 N–H and O–H groups in total. The first-order valence-corrected chi connectivity index (χ1v) is 11.1. The summed E-state index contributed by atoms with van der Waals surface area (Å²) >= 11 is 0. The van der Waals surface area contributed by atoms with Crippen LogP contribution < -0.4 is 4.90 Å². The first-order chi connectivity index (χ1) is 13.4. The maximum atomic E-state index is 13.3. The van der Waals surface area contributed by atoms with Crippen LogP contribution in [0.15, 0.2) is 24.3 Å². The van der Waals surface area contributed by atoms with Crippen molar-refractivity contribution in [3.05, 3.63) is 29.8 Å². The number of anilines is 1. The van der Waals surface area contributed by atoms with E-state index >= 15 is 0 Å². The van der Waals surface area contributed by atoms with Gasteiger partial charge in [-0.15, -0.1) is 0 Å². The van der Waals surface area contributed by atoms with Crippen LogP contribution in [0.5, 0.6) is 0 Å². The molecule has 1 saturated carbocycles. The van der Waals surface area contributed by atoms with E-state index in [1.165, 1.54) is 69.9 Å². The van der Waals surface area contributed by atoms with Crippen LogP contribution in [0.2, 0.25) is 0 Å². The smallest absolute Gasteiger partial charge is 0.368 e. The Hall–Kier alpha value is -1.23. The predicted octanol–water partition coefficient (Wildman–Crippen LogP) is 6.36. The highest BCUT2D eigenvalue weighted by Gasteiger charge is 2.36. The van der Waals surface area contributed by atoms with E-state index in [9.17, 15) is 13.2 Å². The molecule has 0 aromatic heterocycles. The average Bonchev–Trinajstić information content (AvgIpc) is 2.71. The topological polar surface area (TPSA) is 6.48 Å². The number of alkyl halides is 3. The van der Waals surface area contributed by atoms with Crippen molar-refractivity contribution in [3.63, 3.8) is 0 Å². The molecular weight excluding hydrogens is 361 g/mol. The van der Waals surface area contributed by atoms with Gasteiger partial charge in [0.1, 0.15) is 0 Å². The van der Waals surface area contributed by atoms with Crippen LogP contribution in [0.25, 0.3) is 0 Å². The molecule has 1 saturated heterocycles. The second-order valence-electron chi connectivity index (χ2n) is 8.76. The van der Waals surface area contributed by atoms with E-state index in [2.05, 4.69) is 11.8 Å². The van der Waals surface area contributed by atoms with Crippen molar-refractivity contribution in [1.29, 1.82) is 0 Å². The molecule has 0 bridgehead atoms. The molecule has 0 radical (unpaired) electrons. The zero-order valence-corrected chi connectivity index (χ0v) is 17.2. The Balaban J connectivity index is 1.54. The fourth-order valence-electron chi connectivity index (χ4n) is 5.08. The average molecular weight is 397 g/mol. The number of hydrogen-bond donors (Lipinski definition) is 0. The molecule has 2 fully saturated rings. The summed E-state index contributed by atoms with van der Waals surface area (Å²) in [6, 6.07) is 5.99. The van der Waals surface area contributed by atoms with Gasteiger partial charge in [-0.2, -0.15) is 13.2 Å². The van der Waals surface area contributed by atoms with Crippen LogP contribution >= 0.6 is 0 Å². The minimum atomic E-state index is -4.29. The lowest BCUT2D eigenvalue weighted by atomic mass is 9.69. The first kappa shape index (κ1) is 21.5. The summed E-state index contributed by atoms with van der Waals surface area (Å²) in [5, 5.41) is 0. The number of benzene rings is 1. The summed E-state index contributed by atoms with van der Waals surface area (Å²) in [7, 11) is 0. The first-order valence-electron chi connectivity index (χ1n) is 11.1. The van der Waals surface area contributed by atoms with E-state index in [0.29, 0.717) is 24.2 Å². The van der Waals surface area contributed by atoms with Crippen LogP contribution in [0, 0.1) is 5.41 Å². The SMILES string of the molecule is CCCCC1(CCN2CCN(c3ccccc3C(F)(F)F)CC2)CCCCC1. The van der Waals surface area contributed by atoms with Crippen molar-refractivity contribution < 1.29 is 13.2 Å². The molecule has 0 atom stereocenters. The van der Waals surface area contributed by atoms with Crippen LogP contribution in [0.4, 0.5) is 18.9 Å². The zero-order chi connectivity index (χ0) is 20.0. The zero-order valence-electron chi connectivity index (χ0n) is 17.2. The Morgan fingerprint density at radius 1 is 0.929 bits per heavy atom. The Labute approximate surface area is 168 Å². The van der Waals surface area contributed by atoms with Gasteiger partial charge in [-0.25, -0.2) is 0 Å². The summed E-state index contributed by atoms with van der Waals surface area (Å²) in [4.78, 5) is 4.38. The third kappa shape index (κ3) is 5.43. The van der Waals surface area contributed by atoms with E-state index in [-0.39, 0.29) is 0 Å². The number of rotatable bonds is 7. The van der Waals surface area contributed by atoms with Gasteiger partial charge in [0.2, 0.25) is 0 Å². The van der Waals surface area contributed by atoms with E-state index in [0.717, 1.165) is 19.6 Å². The van der Waals surface area contributed by atoms with Gasteiger partial charge < -0.3 is 4.90 Å². The molecule has 2 aliphatic rings. The van der Waals surface area contributed by atoms with Gasteiger partial charge in [0.15, 0.2) is 0 Å². The lowest BCUT2D eigenvalue weighted by Crippen LogP contribution is -2.48. The molecule has 1 aliphatic heterocycles. The number of para-hydroxylation sites is 1. The highest BCUT2D eigenvalue weighted by molar-refractivity contribution is 5.55. The molecule has 0 amide bonds. The summed E-state index contributed by atoms with van der Waals surface area (Å²) in [6.45, 7) is 6.43. The molecule has 28 heavy (non-hydrogen) atoms. The van der Waals surface area contributed by atoms with Crippen LogP contribution in [-0.2, 0) is 6.18 Å². The molecule has 1 heterocycles. The molecule has 158 valence electrons. The number of hydrogen-bond acceptors (Lipinski definition) is 2. The maximum absolute atomic E-state index is 13.3. The Morgan fingerprint density at radius 2 is 1.61 bits per heavy atom. The van der Waals surface area contributed by atoms with E-state index < -0.39 is 11.7 Å². The monoisotopic (exact) mass is 396 g/mol. The van der Waals surface area contributed by atoms with Crippen molar-refractivity contribution in [1.82, 2.24) is 4.90 Å². The highest BCUT2D eigenvalue weighted by atomic mass is 19.4. The Morgan fingerprint density at radius 3 is 2.25 bits per heavy atom. The van der Waals surface area contributed by atoms with Gasteiger partial charge in [0, 0.05) is 31.9 Å². The lowest BCUT2D eigenvalue weighted by Gasteiger charge is -2.41. The second-order valence-corrected chi connectivity index (χ2v) is 8.76. The fourth-order valence-corrected chi connectivity index (χ4v) is 5.08. The fraction of sp³-hybridized carbons (Fsp3) is 0.739. The highest BCUT2D eigenvalue weighted by Crippen LogP contribution is 2.43. The molecule has 1 aromatic rings. The van der Waals surface area contributed by atoms with Crippen LogP contribution in [-0.4, -0.2) is 37.6 Å². The van der Waals surface area contributed by atoms with Crippen LogP contribution in [0.1, 0.15) is 70.3 Å². The normalized spacial score (nSPS) is 21.1. The molecule has 0 unspecified atom stereocenters. The largest absolute Gasteiger partial charge is 0.418 e. The standard InChI is InChI=1S/C23H35F3N2/c1-2-3-11-22(12-7-4-8-13-22)14-15-27-16-18-28(19-17-27)21-10-6-5-9-20(21)23(24,25)26/h5-6,9-10H,2-4,7-8,11-19H2,1H3. The van der Waals surface area contributed by atoms with Crippen molar-refractivity contribution >= 4 is 5.69 Å². The molecule has 2 nitrogen and oxygen atoms in total.